The number of nitrogens with zero attached hydrogens (tertiary/aromatic N) is 6. The Labute approximate surface area is 248 Å². The van der Waals surface area contributed by atoms with Crippen LogP contribution in [0.25, 0.3) is 21.5 Å². The fourth-order valence-electron chi connectivity index (χ4n) is 4.68. The molecule has 4 rings (SSSR count). The van der Waals surface area contributed by atoms with Crippen LogP contribution in [-0.2, 0) is 19.0 Å². The molecule has 14 heteroatoms. The summed E-state index contributed by atoms with van der Waals surface area (Å²) >= 11 is 0. The van der Waals surface area contributed by atoms with E-state index in [0.717, 1.165) is 0 Å². The molecule has 43 heavy (non-hydrogen) atoms. The summed E-state index contributed by atoms with van der Waals surface area (Å²) in [6, 6.07) is 10.3. The van der Waals surface area contributed by atoms with Gasteiger partial charge in [-0.15, -0.1) is 0 Å². The van der Waals surface area contributed by atoms with Crippen LogP contribution in [0.1, 0.15) is 27.6 Å². The highest BCUT2D eigenvalue weighted by molar-refractivity contribution is 6.45. The van der Waals surface area contributed by atoms with Crippen LogP contribution in [0.5, 0.6) is 5.75 Å². The topological polar surface area (TPSA) is 172 Å². The lowest BCUT2D eigenvalue weighted by molar-refractivity contribution is -0.130. The Kier molecular flexibility index (Phi) is 11.9. The molecule has 0 saturated carbocycles. The summed E-state index contributed by atoms with van der Waals surface area (Å²) in [6.45, 7) is 5.39. The predicted octanol–water partition coefficient (Wildman–Crippen LogP) is 2.86. The molecular weight excluding hydrogens is 558 g/mol. The first-order valence-corrected chi connectivity index (χ1v) is 14.0. The van der Waals surface area contributed by atoms with Crippen molar-refractivity contribution in [3.05, 3.63) is 70.4 Å². The second kappa shape index (κ2) is 16.2. The summed E-state index contributed by atoms with van der Waals surface area (Å²) in [4.78, 5) is 52.7. The van der Waals surface area contributed by atoms with Gasteiger partial charge in [-0.25, -0.2) is 4.98 Å². The molecule has 14 nitrogen and oxygen atoms in total. The molecule has 1 aromatic carbocycles. The van der Waals surface area contributed by atoms with E-state index in [2.05, 4.69) is 20.0 Å². The van der Waals surface area contributed by atoms with Gasteiger partial charge in [0.05, 0.1) is 50.6 Å². The van der Waals surface area contributed by atoms with E-state index in [1.54, 1.807) is 29.3 Å². The van der Waals surface area contributed by atoms with Gasteiger partial charge in [-0.05, 0) is 30.7 Å². The number of hydrogen-bond donors (Lipinski definition) is 1. The Balaban J connectivity index is 1.25. The summed E-state index contributed by atoms with van der Waals surface area (Å²) < 4.78 is 22.1. The minimum Gasteiger partial charge on any atom is -0.490 e. The van der Waals surface area contributed by atoms with Crippen molar-refractivity contribution in [1.29, 1.82) is 0 Å². The summed E-state index contributed by atoms with van der Waals surface area (Å²) in [6.07, 6.45) is 3.03. The maximum absolute atomic E-state index is 13.4. The second-order valence-electron chi connectivity index (χ2n) is 9.67. The van der Waals surface area contributed by atoms with E-state index >= 15 is 0 Å². The molecular formula is C29H35N7O7. The van der Waals surface area contributed by atoms with Crippen molar-refractivity contribution in [1.82, 2.24) is 19.8 Å². The molecule has 1 N–H and O–H groups in total. The normalized spacial score (nSPS) is 14.9. The molecule has 1 aliphatic rings. The zero-order valence-electron chi connectivity index (χ0n) is 24.0. The highest BCUT2D eigenvalue weighted by atomic mass is 16.6. The van der Waals surface area contributed by atoms with Crippen LogP contribution in [0.15, 0.2) is 53.9 Å². The second-order valence-corrected chi connectivity index (χ2v) is 9.67. The predicted molar refractivity (Wildman–Crippen MR) is 156 cm³/mol. The lowest BCUT2D eigenvalue weighted by Crippen LogP contribution is -2.56. The average molecular weight is 594 g/mol. The first-order valence-electron chi connectivity index (χ1n) is 14.0. The van der Waals surface area contributed by atoms with Crippen LogP contribution in [0.2, 0.25) is 0 Å². The van der Waals surface area contributed by atoms with E-state index in [-0.39, 0.29) is 43.8 Å². The Hall–Kier alpha value is -4.49. The fraction of sp³-hybridized carbons (Fsp3) is 0.448. The van der Waals surface area contributed by atoms with Crippen molar-refractivity contribution in [3.8, 4) is 5.75 Å². The maximum atomic E-state index is 13.4. The van der Waals surface area contributed by atoms with Gasteiger partial charge >= 0.3 is 0 Å². The third-order valence-electron chi connectivity index (χ3n) is 6.80. The molecule has 1 atom stereocenters. The number of amides is 2. The minimum atomic E-state index is -0.672. The van der Waals surface area contributed by atoms with Gasteiger partial charge in [0.2, 0.25) is 0 Å². The number of ketones is 1. The van der Waals surface area contributed by atoms with E-state index in [1.165, 1.54) is 11.1 Å². The standard InChI is InChI=1S/C29H35N7O7/c1-21-20-35(28(38)22-5-3-2-4-6-22)10-11-36(21)29(39)26(37)23-19-32-27-25(23)24(7-8-31-27)43-18-17-42-16-15-41-14-13-40-12-9-33-34-30/h2-8,19,21H,9-18,20H2,1H3,(H,31,32)/t21-/m1/s1. The molecule has 1 aliphatic heterocycles. The lowest BCUT2D eigenvalue weighted by atomic mass is 10.1. The molecule has 3 aromatic rings. The lowest BCUT2D eigenvalue weighted by Gasteiger charge is -2.39. The van der Waals surface area contributed by atoms with Crippen LogP contribution >= 0.6 is 0 Å². The third-order valence-corrected chi connectivity index (χ3v) is 6.80. The molecule has 0 radical (unpaired) electrons. The number of nitrogens with one attached hydrogen (secondary N) is 1. The van der Waals surface area contributed by atoms with E-state index in [4.69, 9.17) is 24.5 Å². The number of piperazine rings is 1. The number of aromatic amines is 1. The number of benzene rings is 1. The highest BCUT2D eigenvalue weighted by Crippen LogP contribution is 2.28. The van der Waals surface area contributed by atoms with Gasteiger partial charge in [0.1, 0.15) is 18.0 Å². The molecule has 3 heterocycles. The number of aromatic nitrogens is 2. The molecule has 0 aliphatic carbocycles. The van der Waals surface area contributed by atoms with Crippen molar-refractivity contribution in [3.63, 3.8) is 0 Å². The van der Waals surface area contributed by atoms with Crippen LogP contribution < -0.4 is 4.74 Å². The van der Waals surface area contributed by atoms with Gasteiger partial charge < -0.3 is 33.7 Å². The molecule has 0 bridgehead atoms. The van der Waals surface area contributed by atoms with Gasteiger partial charge in [0, 0.05) is 55.1 Å². The van der Waals surface area contributed by atoms with Crippen molar-refractivity contribution in [2.75, 3.05) is 72.4 Å². The summed E-state index contributed by atoms with van der Waals surface area (Å²) in [7, 11) is 0. The Morgan fingerprint density at radius 3 is 2.40 bits per heavy atom. The van der Waals surface area contributed by atoms with E-state index in [0.29, 0.717) is 68.5 Å². The number of ether oxygens (including phenoxy) is 4. The van der Waals surface area contributed by atoms with Crippen LogP contribution in [0.4, 0.5) is 0 Å². The van der Waals surface area contributed by atoms with Crippen LogP contribution in [0.3, 0.4) is 0 Å². The SMILES string of the molecule is C[C@@H]1CN(C(=O)c2ccccc2)CCN1C(=O)C(=O)c1c[nH]c2nccc(OCCOCCOCCOCCN=[N+]=[N-])c12. The number of rotatable bonds is 16. The van der Waals surface area contributed by atoms with E-state index < -0.39 is 11.7 Å². The Bertz CT molecular complexity index is 1430. The number of H-pyrrole nitrogens is 1. The molecule has 2 amide bonds. The number of fused-ring (bicyclic) bond motifs is 1. The molecule has 1 saturated heterocycles. The number of carbonyl (C=O) groups excluding carboxylic acids is 3. The molecule has 228 valence electrons. The molecule has 0 unspecified atom stereocenters. The monoisotopic (exact) mass is 593 g/mol. The van der Waals surface area contributed by atoms with Gasteiger partial charge in [-0.2, -0.15) is 0 Å². The number of Topliss-reactive ketones (excluding diaryl/α,β-unsaturated/α-hetero) is 1. The van der Waals surface area contributed by atoms with Crippen molar-refractivity contribution in [2.45, 2.75) is 13.0 Å². The summed E-state index contributed by atoms with van der Waals surface area (Å²) in [5.74, 6) is -1.00. The minimum absolute atomic E-state index is 0.100. The molecule has 2 aromatic heterocycles. The highest BCUT2D eigenvalue weighted by Gasteiger charge is 2.34. The van der Waals surface area contributed by atoms with Crippen LogP contribution in [-0.4, -0.2) is 116 Å². The zero-order valence-corrected chi connectivity index (χ0v) is 24.0. The maximum Gasteiger partial charge on any atom is 0.295 e. The van der Waals surface area contributed by atoms with Crippen LogP contribution in [0, 0.1) is 0 Å². The third kappa shape index (κ3) is 8.52. The first-order chi connectivity index (χ1) is 21.0. The van der Waals surface area contributed by atoms with E-state index in [9.17, 15) is 14.4 Å². The average Bonchev–Trinajstić information content (AvgIpc) is 3.47. The summed E-state index contributed by atoms with van der Waals surface area (Å²) in [5, 5.41) is 3.80. The number of carbonyl (C=O) groups is 3. The van der Waals surface area contributed by atoms with Crippen molar-refractivity contribution < 1.29 is 33.3 Å². The number of pyridine rings is 1. The smallest absolute Gasteiger partial charge is 0.295 e. The number of azide groups is 1. The van der Waals surface area contributed by atoms with Gasteiger partial charge in [-0.3, -0.25) is 14.4 Å². The quantitative estimate of drug-likeness (QED) is 0.0659. The molecule has 0 spiro atoms. The molecule has 1 fully saturated rings. The van der Waals surface area contributed by atoms with E-state index in [1.807, 2.05) is 25.1 Å². The first kappa shape index (κ1) is 31.4. The fourth-order valence-corrected chi connectivity index (χ4v) is 4.68. The van der Waals surface area contributed by atoms with Crippen molar-refractivity contribution in [2.24, 2.45) is 5.11 Å². The van der Waals surface area contributed by atoms with Gasteiger partial charge in [0.25, 0.3) is 17.6 Å². The number of hydrogen-bond acceptors (Lipinski definition) is 9. The van der Waals surface area contributed by atoms with Gasteiger partial charge in [-0.1, -0.05) is 23.3 Å². The van der Waals surface area contributed by atoms with Gasteiger partial charge in [0.15, 0.2) is 0 Å². The Morgan fingerprint density at radius 2 is 1.70 bits per heavy atom. The Morgan fingerprint density at radius 1 is 1.00 bits per heavy atom. The van der Waals surface area contributed by atoms with Crippen molar-refractivity contribution >= 4 is 28.6 Å². The largest absolute Gasteiger partial charge is 0.490 e. The summed E-state index contributed by atoms with van der Waals surface area (Å²) in [5.41, 5.74) is 9.39. The zero-order chi connectivity index (χ0) is 30.4.